The summed E-state index contributed by atoms with van der Waals surface area (Å²) in [6.07, 6.45) is 12.0. The molecule has 0 unspecified atom stereocenters. The second kappa shape index (κ2) is 8.56. The third-order valence-electron chi connectivity index (χ3n) is 5.46. The highest BCUT2D eigenvalue weighted by Gasteiger charge is 2.23. The van der Waals surface area contributed by atoms with Crippen molar-refractivity contribution < 1.29 is 14.3 Å². The van der Waals surface area contributed by atoms with Crippen LogP contribution in [0, 0.1) is 19.8 Å². The fraction of sp³-hybridized carbons (Fsp3) is 0.619. The Balaban J connectivity index is 1.52. The SMILES string of the molecule is Cc1cc(/C=C/C(=O)NCC(=O)OCC2CC2)c(C)n1C1CCCCC1. The fourth-order valence-corrected chi connectivity index (χ4v) is 3.80. The van der Waals surface area contributed by atoms with E-state index in [1.165, 1.54) is 49.6 Å². The summed E-state index contributed by atoms with van der Waals surface area (Å²) in [5.74, 6) is -0.0982. The summed E-state index contributed by atoms with van der Waals surface area (Å²) in [6, 6.07) is 2.72. The van der Waals surface area contributed by atoms with Crippen molar-refractivity contribution in [2.75, 3.05) is 13.2 Å². The summed E-state index contributed by atoms with van der Waals surface area (Å²) in [7, 11) is 0. The highest BCUT2D eigenvalue weighted by atomic mass is 16.5. The zero-order valence-corrected chi connectivity index (χ0v) is 15.9. The molecule has 0 aromatic carbocycles. The molecule has 1 aromatic heterocycles. The van der Waals surface area contributed by atoms with E-state index in [4.69, 9.17) is 4.74 Å². The number of nitrogens with one attached hydrogen (secondary N) is 1. The lowest BCUT2D eigenvalue weighted by molar-refractivity contribution is -0.144. The molecule has 2 saturated carbocycles. The maximum Gasteiger partial charge on any atom is 0.325 e. The van der Waals surface area contributed by atoms with Crippen molar-refractivity contribution >= 4 is 18.0 Å². The fourth-order valence-electron chi connectivity index (χ4n) is 3.80. The molecule has 1 heterocycles. The lowest BCUT2D eigenvalue weighted by Gasteiger charge is -2.26. The zero-order valence-electron chi connectivity index (χ0n) is 15.9. The van der Waals surface area contributed by atoms with Gasteiger partial charge in [0.1, 0.15) is 6.54 Å². The van der Waals surface area contributed by atoms with E-state index in [0.717, 1.165) is 18.4 Å². The van der Waals surface area contributed by atoms with Crippen LogP contribution < -0.4 is 5.32 Å². The second-order valence-electron chi connectivity index (χ2n) is 7.67. The van der Waals surface area contributed by atoms with E-state index < -0.39 is 0 Å². The molecule has 3 rings (SSSR count). The first-order valence-corrected chi connectivity index (χ1v) is 9.84. The van der Waals surface area contributed by atoms with Crippen molar-refractivity contribution in [3.05, 3.63) is 29.1 Å². The molecule has 1 N–H and O–H groups in total. The van der Waals surface area contributed by atoms with Crippen molar-refractivity contribution in [1.82, 2.24) is 9.88 Å². The Morgan fingerprint density at radius 2 is 1.92 bits per heavy atom. The van der Waals surface area contributed by atoms with Gasteiger partial charge in [-0.3, -0.25) is 9.59 Å². The Morgan fingerprint density at radius 3 is 2.62 bits per heavy atom. The van der Waals surface area contributed by atoms with Crippen LogP contribution in [0.4, 0.5) is 0 Å². The molecule has 2 fully saturated rings. The minimum Gasteiger partial charge on any atom is -0.464 e. The van der Waals surface area contributed by atoms with Gasteiger partial charge in [0.25, 0.3) is 0 Å². The lowest BCUT2D eigenvalue weighted by Crippen LogP contribution is -2.29. The number of aryl methyl sites for hydroxylation is 1. The van der Waals surface area contributed by atoms with Gasteiger partial charge in [-0.05, 0) is 63.2 Å². The molecular formula is C21H30N2O3. The quantitative estimate of drug-likeness (QED) is 0.597. The van der Waals surface area contributed by atoms with Crippen LogP contribution in [0.25, 0.3) is 6.08 Å². The Morgan fingerprint density at radius 1 is 1.19 bits per heavy atom. The van der Waals surface area contributed by atoms with E-state index >= 15 is 0 Å². The number of nitrogens with zero attached hydrogens (tertiary/aromatic N) is 1. The van der Waals surface area contributed by atoms with Crippen molar-refractivity contribution in [3.63, 3.8) is 0 Å². The number of hydrogen-bond donors (Lipinski definition) is 1. The van der Waals surface area contributed by atoms with E-state index in [2.05, 4.69) is 29.8 Å². The molecule has 0 saturated heterocycles. The number of ether oxygens (including phenoxy) is 1. The van der Waals surface area contributed by atoms with Crippen molar-refractivity contribution in [1.29, 1.82) is 0 Å². The normalized spacial score (nSPS) is 18.2. The predicted octanol–water partition coefficient (Wildman–Crippen LogP) is 3.69. The van der Waals surface area contributed by atoms with Crippen molar-refractivity contribution in [2.45, 2.75) is 64.8 Å². The molecule has 0 atom stereocenters. The average molecular weight is 358 g/mol. The van der Waals surface area contributed by atoms with E-state index in [1.54, 1.807) is 0 Å². The van der Waals surface area contributed by atoms with Gasteiger partial charge < -0.3 is 14.6 Å². The summed E-state index contributed by atoms with van der Waals surface area (Å²) < 4.78 is 7.53. The van der Waals surface area contributed by atoms with Crippen LogP contribution in [-0.4, -0.2) is 29.6 Å². The molecule has 2 aliphatic rings. The third kappa shape index (κ3) is 4.99. The van der Waals surface area contributed by atoms with Crippen LogP contribution in [-0.2, 0) is 14.3 Å². The van der Waals surface area contributed by atoms with E-state index in [-0.39, 0.29) is 18.4 Å². The standard InChI is InChI=1S/C21H30N2O3/c1-15-12-18(16(2)23(15)19-6-4-3-5-7-19)10-11-20(24)22-13-21(25)26-14-17-8-9-17/h10-12,17,19H,3-9,13-14H2,1-2H3,(H,22,24)/b11-10+. The summed E-state index contributed by atoms with van der Waals surface area (Å²) in [5.41, 5.74) is 3.53. The summed E-state index contributed by atoms with van der Waals surface area (Å²) in [6.45, 7) is 4.66. The first-order chi connectivity index (χ1) is 12.5. The molecule has 0 aliphatic heterocycles. The number of esters is 1. The highest BCUT2D eigenvalue weighted by molar-refractivity contribution is 5.93. The predicted molar refractivity (Wildman–Crippen MR) is 102 cm³/mol. The van der Waals surface area contributed by atoms with E-state index in [0.29, 0.717) is 18.6 Å². The Bertz CT molecular complexity index is 680. The molecule has 0 spiro atoms. The number of hydrogen-bond acceptors (Lipinski definition) is 3. The van der Waals surface area contributed by atoms with Gasteiger partial charge in [-0.25, -0.2) is 0 Å². The number of carbonyl (C=O) groups is 2. The third-order valence-corrected chi connectivity index (χ3v) is 5.46. The van der Waals surface area contributed by atoms with Crippen LogP contribution in [0.5, 0.6) is 0 Å². The molecule has 1 amide bonds. The van der Waals surface area contributed by atoms with Crippen molar-refractivity contribution in [2.24, 2.45) is 5.92 Å². The molecule has 142 valence electrons. The Kier molecular flexibility index (Phi) is 6.17. The van der Waals surface area contributed by atoms with Gasteiger partial charge in [0.05, 0.1) is 6.61 Å². The van der Waals surface area contributed by atoms with Crippen molar-refractivity contribution in [3.8, 4) is 0 Å². The maximum atomic E-state index is 12.0. The minimum absolute atomic E-state index is 0.0724. The molecule has 2 aliphatic carbocycles. The monoisotopic (exact) mass is 358 g/mol. The first kappa shape index (κ1) is 18.7. The molecule has 26 heavy (non-hydrogen) atoms. The Hall–Kier alpha value is -2.04. The van der Waals surface area contributed by atoms with E-state index in [9.17, 15) is 9.59 Å². The maximum absolute atomic E-state index is 12.0. The molecule has 5 nitrogen and oxygen atoms in total. The van der Waals surface area contributed by atoms with Gasteiger partial charge in [0.2, 0.25) is 5.91 Å². The number of aromatic nitrogens is 1. The van der Waals surface area contributed by atoms with Crippen LogP contribution in [0.3, 0.4) is 0 Å². The summed E-state index contributed by atoms with van der Waals surface area (Å²) >= 11 is 0. The summed E-state index contributed by atoms with van der Waals surface area (Å²) in [4.78, 5) is 23.5. The molecule has 1 aromatic rings. The highest BCUT2D eigenvalue weighted by Crippen LogP contribution is 2.32. The van der Waals surface area contributed by atoms with Gasteiger partial charge in [0, 0.05) is 23.5 Å². The van der Waals surface area contributed by atoms with Gasteiger partial charge in [-0.15, -0.1) is 0 Å². The van der Waals surface area contributed by atoms with Gasteiger partial charge in [-0.1, -0.05) is 19.3 Å². The van der Waals surface area contributed by atoms with Crippen LogP contribution in [0.15, 0.2) is 12.1 Å². The average Bonchev–Trinajstić information content (AvgIpc) is 3.42. The minimum atomic E-state index is -0.367. The molecular weight excluding hydrogens is 328 g/mol. The number of rotatable bonds is 7. The van der Waals surface area contributed by atoms with Crippen LogP contribution >= 0.6 is 0 Å². The van der Waals surface area contributed by atoms with E-state index in [1.807, 2.05) is 6.08 Å². The number of carbonyl (C=O) groups excluding carboxylic acids is 2. The molecule has 5 heteroatoms. The number of amides is 1. The van der Waals surface area contributed by atoms with Crippen LogP contribution in [0.1, 0.15) is 67.9 Å². The van der Waals surface area contributed by atoms with Gasteiger partial charge in [0.15, 0.2) is 0 Å². The summed E-state index contributed by atoms with van der Waals surface area (Å²) in [5, 5.41) is 2.59. The van der Waals surface area contributed by atoms with Crippen LogP contribution in [0.2, 0.25) is 0 Å². The smallest absolute Gasteiger partial charge is 0.325 e. The lowest BCUT2D eigenvalue weighted by atomic mass is 9.95. The molecule has 0 radical (unpaired) electrons. The van der Waals surface area contributed by atoms with Gasteiger partial charge >= 0.3 is 5.97 Å². The molecule has 0 bridgehead atoms. The zero-order chi connectivity index (χ0) is 18.5. The second-order valence-corrected chi connectivity index (χ2v) is 7.67. The first-order valence-electron chi connectivity index (χ1n) is 9.84. The Labute approximate surface area is 155 Å². The largest absolute Gasteiger partial charge is 0.464 e. The van der Waals surface area contributed by atoms with Gasteiger partial charge in [-0.2, -0.15) is 0 Å². The topological polar surface area (TPSA) is 60.3 Å².